The molecule has 0 fully saturated rings. The van der Waals surface area contributed by atoms with Gasteiger partial charge >= 0.3 is 12.1 Å². The van der Waals surface area contributed by atoms with E-state index in [9.17, 15) is 27.9 Å². The van der Waals surface area contributed by atoms with Crippen molar-refractivity contribution in [2.75, 3.05) is 13.7 Å². The standard InChI is InChI=1S/C21H23F3N4O4/c1-20(2,31)7-8-26-11-12-9-16(13(10-14(12)25)19(30)32-3)28-18(29)15-5-4-6-17(27-15)21(22,23)24/h4-6,9-11,25-26,31H,7-8H2,1-3H3,(H,28,29)/b12-11-,25-14?. The lowest BCUT2D eigenvalue weighted by Crippen LogP contribution is -2.30. The van der Waals surface area contributed by atoms with E-state index in [1.165, 1.54) is 18.4 Å². The van der Waals surface area contributed by atoms with Crippen LogP contribution in [0.1, 0.15) is 36.5 Å². The predicted molar refractivity (Wildman–Crippen MR) is 110 cm³/mol. The fourth-order valence-corrected chi connectivity index (χ4v) is 2.58. The first-order valence-electron chi connectivity index (χ1n) is 9.44. The number of methoxy groups -OCH3 is 1. The lowest BCUT2D eigenvalue weighted by Gasteiger charge is -2.19. The second-order valence-corrected chi connectivity index (χ2v) is 7.50. The minimum Gasteiger partial charge on any atom is -0.465 e. The number of hydrogen-bond donors (Lipinski definition) is 4. The third-order valence-corrected chi connectivity index (χ3v) is 4.25. The van der Waals surface area contributed by atoms with Gasteiger partial charge < -0.3 is 25.9 Å². The number of aliphatic hydroxyl groups is 1. The molecular formula is C21H23F3N4O4. The van der Waals surface area contributed by atoms with Gasteiger partial charge in [0.2, 0.25) is 0 Å². The highest BCUT2D eigenvalue weighted by Gasteiger charge is 2.33. The van der Waals surface area contributed by atoms with E-state index < -0.39 is 35.0 Å². The first-order chi connectivity index (χ1) is 14.8. The molecule has 0 saturated carbocycles. The van der Waals surface area contributed by atoms with Gasteiger partial charge in [0.1, 0.15) is 11.4 Å². The number of nitrogens with one attached hydrogen (secondary N) is 3. The molecule has 0 unspecified atom stereocenters. The Labute approximate surface area is 182 Å². The molecule has 0 aromatic carbocycles. The molecule has 1 amide bonds. The average molecular weight is 452 g/mol. The Morgan fingerprint density at radius 3 is 2.53 bits per heavy atom. The molecule has 172 valence electrons. The predicted octanol–water partition coefficient (Wildman–Crippen LogP) is 2.48. The molecule has 0 bridgehead atoms. The largest absolute Gasteiger partial charge is 0.465 e. The normalized spacial score (nSPS) is 15.7. The number of halogens is 3. The van der Waals surface area contributed by atoms with Crippen molar-refractivity contribution in [3.63, 3.8) is 0 Å². The van der Waals surface area contributed by atoms with Crippen LogP contribution in [0.4, 0.5) is 13.2 Å². The summed E-state index contributed by atoms with van der Waals surface area (Å²) >= 11 is 0. The number of ether oxygens (including phenoxy) is 1. The second-order valence-electron chi connectivity index (χ2n) is 7.50. The summed E-state index contributed by atoms with van der Waals surface area (Å²) in [6, 6.07) is 2.88. The van der Waals surface area contributed by atoms with Crippen molar-refractivity contribution in [3.05, 3.63) is 64.8 Å². The maximum absolute atomic E-state index is 12.9. The van der Waals surface area contributed by atoms with E-state index >= 15 is 0 Å². The van der Waals surface area contributed by atoms with Crippen LogP contribution in [0.2, 0.25) is 0 Å². The number of alkyl halides is 3. The Balaban J connectivity index is 2.29. The Morgan fingerprint density at radius 2 is 1.94 bits per heavy atom. The van der Waals surface area contributed by atoms with Gasteiger partial charge in [0.05, 0.1) is 29.7 Å². The van der Waals surface area contributed by atoms with Gasteiger partial charge in [-0.05, 0) is 44.6 Å². The van der Waals surface area contributed by atoms with E-state index in [1.807, 2.05) is 0 Å². The van der Waals surface area contributed by atoms with Gasteiger partial charge in [-0.3, -0.25) is 4.79 Å². The summed E-state index contributed by atoms with van der Waals surface area (Å²) in [5, 5.41) is 23.1. The third-order valence-electron chi connectivity index (χ3n) is 4.25. The molecule has 0 spiro atoms. The van der Waals surface area contributed by atoms with Crippen LogP contribution in [0, 0.1) is 5.41 Å². The van der Waals surface area contributed by atoms with Crippen LogP contribution in [0.25, 0.3) is 0 Å². The molecule has 1 aliphatic carbocycles. The maximum Gasteiger partial charge on any atom is 0.433 e. The molecular weight excluding hydrogens is 429 g/mol. The lowest BCUT2D eigenvalue weighted by molar-refractivity contribution is -0.141. The smallest absolute Gasteiger partial charge is 0.433 e. The molecule has 1 heterocycles. The zero-order valence-corrected chi connectivity index (χ0v) is 17.6. The Bertz CT molecular complexity index is 1010. The number of nitrogens with zero attached hydrogens (tertiary/aromatic N) is 1. The van der Waals surface area contributed by atoms with Gasteiger partial charge in [0, 0.05) is 18.3 Å². The Kier molecular flexibility index (Phi) is 7.57. The Morgan fingerprint density at radius 1 is 1.25 bits per heavy atom. The molecule has 1 aromatic heterocycles. The number of aromatic nitrogens is 1. The van der Waals surface area contributed by atoms with Crippen molar-refractivity contribution in [3.8, 4) is 0 Å². The summed E-state index contributed by atoms with van der Waals surface area (Å²) in [5.41, 5.74) is -2.60. The number of pyridine rings is 1. The van der Waals surface area contributed by atoms with Crippen molar-refractivity contribution < 1.29 is 32.6 Å². The fourth-order valence-electron chi connectivity index (χ4n) is 2.58. The third kappa shape index (κ3) is 6.77. The van der Waals surface area contributed by atoms with E-state index in [-0.39, 0.29) is 17.0 Å². The van der Waals surface area contributed by atoms with Crippen LogP contribution in [0.3, 0.4) is 0 Å². The quantitative estimate of drug-likeness (QED) is 0.372. The number of amides is 1. The first kappa shape index (κ1) is 24.8. The fraction of sp³-hybridized carbons (Fsp3) is 0.333. The topological polar surface area (TPSA) is 124 Å². The number of carbonyl (C=O) groups excluding carboxylic acids is 2. The highest BCUT2D eigenvalue weighted by atomic mass is 19.4. The minimum atomic E-state index is -4.72. The molecule has 0 atom stereocenters. The van der Waals surface area contributed by atoms with Crippen LogP contribution in [0.5, 0.6) is 0 Å². The number of hydrogen-bond acceptors (Lipinski definition) is 7. The highest BCUT2D eigenvalue weighted by molar-refractivity contribution is 6.15. The number of rotatable bonds is 7. The van der Waals surface area contributed by atoms with Gasteiger partial charge in [0.25, 0.3) is 5.91 Å². The maximum atomic E-state index is 12.9. The van der Waals surface area contributed by atoms with Crippen molar-refractivity contribution in [1.29, 1.82) is 5.41 Å². The van der Waals surface area contributed by atoms with Crippen molar-refractivity contribution in [2.45, 2.75) is 32.0 Å². The summed E-state index contributed by atoms with van der Waals surface area (Å²) in [6.07, 6.45) is -0.353. The van der Waals surface area contributed by atoms with Gasteiger partial charge in [-0.2, -0.15) is 13.2 Å². The second kappa shape index (κ2) is 9.77. The molecule has 1 aromatic rings. The molecule has 4 N–H and O–H groups in total. The van der Waals surface area contributed by atoms with Crippen molar-refractivity contribution in [1.82, 2.24) is 15.6 Å². The van der Waals surface area contributed by atoms with E-state index in [1.54, 1.807) is 13.8 Å². The van der Waals surface area contributed by atoms with Crippen molar-refractivity contribution in [2.24, 2.45) is 0 Å². The summed E-state index contributed by atoms with van der Waals surface area (Å²) in [7, 11) is 1.12. The molecule has 11 heteroatoms. The Hall–Kier alpha value is -3.47. The molecule has 8 nitrogen and oxygen atoms in total. The van der Waals surface area contributed by atoms with E-state index in [0.717, 1.165) is 25.3 Å². The minimum absolute atomic E-state index is 0.0589. The molecule has 0 radical (unpaired) electrons. The summed E-state index contributed by atoms with van der Waals surface area (Å²) in [4.78, 5) is 28.0. The van der Waals surface area contributed by atoms with E-state index in [4.69, 9.17) is 5.41 Å². The zero-order valence-electron chi connectivity index (χ0n) is 17.6. The summed E-state index contributed by atoms with van der Waals surface area (Å²) < 4.78 is 43.3. The number of carbonyl (C=O) groups is 2. The van der Waals surface area contributed by atoms with Crippen LogP contribution in [0.15, 0.2) is 53.4 Å². The van der Waals surface area contributed by atoms with E-state index in [0.29, 0.717) is 18.5 Å². The average Bonchev–Trinajstić information content (AvgIpc) is 2.71. The van der Waals surface area contributed by atoms with Crippen LogP contribution in [-0.2, 0) is 15.7 Å². The van der Waals surface area contributed by atoms with Crippen LogP contribution < -0.4 is 10.6 Å². The molecule has 0 saturated heterocycles. The van der Waals surface area contributed by atoms with Gasteiger partial charge in [-0.25, -0.2) is 9.78 Å². The molecule has 0 aliphatic heterocycles. The number of esters is 1. The number of allylic oxidation sites excluding steroid dienone is 3. The lowest BCUT2D eigenvalue weighted by atomic mass is 9.97. The monoisotopic (exact) mass is 452 g/mol. The summed E-state index contributed by atoms with van der Waals surface area (Å²) in [6.45, 7) is 3.67. The summed E-state index contributed by atoms with van der Waals surface area (Å²) in [5.74, 6) is -1.81. The first-order valence-corrected chi connectivity index (χ1v) is 9.44. The molecule has 32 heavy (non-hydrogen) atoms. The molecule has 1 aliphatic rings. The van der Waals surface area contributed by atoms with E-state index in [2.05, 4.69) is 20.4 Å². The van der Waals surface area contributed by atoms with Crippen LogP contribution >= 0.6 is 0 Å². The highest BCUT2D eigenvalue weighted by Crippen LogP contribution is 2.27. The SMILES string of the molecule is COC(=O)C1=CC(=N)/C(=C\NCCC(C)(C)O)C=C1NC(=O)c1cccc(C(F)(F)F)n1. The van der Waals surface area contributed by atoms with Gasteiger partial charge in [-0.15, -0.1) is 0 Å². The van der Waals surface area contributed by atoms with Crippen LogP contribution in [-0.4, -0.2) is 46.9 Å². The zero-order chi connectivity index (χ0) is 24.1. The van der Waals surface area contributed by atoms with Crippen molar-refractivity contribution >= 4 is 17.6 Å². The molecule has 2 rings (SSSR count). The van der Waals surface area contributed by atoms with Gasteiger partial charge in [0.15, 0.2) is 0 Å². The van der Waals surface area contributed by atoms with Gasteiger partial charge in [-0.1, -0.05) is 6.07 Å².